The maximum absolute atomic E-state index is 12.7. The van der Waals surface area contributed by atoms with Crippen molar-refractivity contribution in [2.45, 2.75) is 167 Å². The third-order valence-corrected chi connectivity index (χ3v) is 21.4. The molecule has 9 heteroatoms. The fraction of sp³-hybridized carbons (Fsp3) is 0.765. The molecule has 0 amide bonds. The van der Waals surface area contributed by atoms with E-state index in [2.05, 4.69) is 70.6 Å². The van der Waals surface area contributed by atoms with E-state index in [0.29, 0.717) is 80.4 Å². The van der Waals surface area contributed by atoms with Gasteiger partial charge in [-0.25, -0.2) is 13.4 Å². The first-order valence-corrected chi connectivity index (χ1v) is 25.6. The molecular formula is C51H76N2O6S. The second kappa shape index (κ2) is 15.3. The van der Waals surface area contributed by atoms with Crippen LogP contribution in [0.15, 0.2) is 59.8 Å². The van der Waals surface area contributed by atoms with E-state index in [-0.39, 0.29) is 39.1 Å². The summed E-state index contributed by atoms with van der Waals surface area (Å²) in [4.78, 5) is 17.0. The zero-order chi connectivity index (χ0) is 43.1. The molecule has 0 aromatic carbocycles. The van der Waals surface area contributed by atoms with E-state index in [1.807, 2.05) is 12.1 Å². The molecule has 1 aromatic rings. The van der Waals surface area contributed by atoms with Crippen LogP contribution in [0, 0.1) is 56.7 Å². The Bertz CT molecular complexity index is 2000. The zero-order valence-electron chi connectivity index (χ0n) is 38.0. The molecule has 0 saturated heterocycles. The number of rotatable bonds is 11. The quantitative estimate of drug-likeness (QED) is 0.188. The van der Waals surface area contributed by atoms with Gasteiger partial charge in [-0.3, -0.25) is 4.79 Å². The lowest BCUT2D eigenvalue weighted by atomic mass is 9.33. The van der Waals surface area contributed by atoms with Crippen molar-refractivity contribution in [3.63, 3.8) is 0 Å². The molecule has 332 valence electrons. The Balaban J connectivity index is 0.999. The summed E-state index contributed by atoms with van der Waals surface area (Å²) in [5.74, 6) is 2.52. The number of nitrogens with one attached hydrogen (secondary N) is 1. The van der Waals surface area contributed by atoms with Crippen molar-refractivity contribution in [3.8, 4) is 5.88 Å². The van der Waals surface area contributed by atoms with E-state index >= 15 is 0 Å². The van der Waals surface area contributed by atoms with Crippen LogP contribution in [0.1, 0.15) is 151 Å². The van der Waals surface area contributed by atoms with Gasteiger partial charge in [-0.05, 0) is 191 Å². The standard InChI is InChI=1S/C51H76N2O6S/c1-34(2)37-18-27-51(53-32-30-50(56)25-16-36(17-26-50)60(8,57)58)29-28-47(6)39(43(37)51)12-13-41-46(5)21-19-38(45(3,4)40(46)20-22-48(41,47)7)35-14-23-49(24-15-35,44(54)55)33-59-42-11-9-10-31-52-42/h9-11,14,19,31,36-37,39-41,43,53,56H,1,12-13,15-18,20-30,32-33H2,2-8H3,(H,54,55)/t36-,37-,39+,40-,41+,43+,46-,47+,48+,49?,50+,51-/m0/s1. The number of aromatic nitrogens is 1. The number of fused-ring (bicyclic) bond motifs is 7. The van der Waals surface area contributed by atoms with Crippen LogP contribution in [0.25, 0.3) is 0 Å². The largest absolute Gasteiger partial charge is 0.481 e. The third kappa shape index (κ3) is 7.09. The monoisotopic (exact) mass is 845 g/mol. The molecule has 0 bridgehead atoms. The number of pyridine rings is 1. The van der Waals surface area contributed by atoms with Gasteiger partial charge in [0.05, 0.1) is 10.9 Å². The number of hydrogen-bond donors (Lipinski definition) is 3. The molecule has 5 fully saturated rings. The molecule has 1 heterocycles. The predicted octanol–water partition coefficient (Wildman–Crippen LogP) is 10.3. The maximum Gasteiger partial charge on any atom is 0.313 e. The van der Waals surface area contributed by atoms with Gasteiger partial charge in [-0.1, -0.05) is 65.0 Å². The SMILES string of the molecule is C=C(C)[C@@H]1CC[C@]2(NCC[C@]3(O)CC[C@@H](S(C)(=O)=O)CC3)CC[C@]3(C)[C@H](CC[C@@H]4[C@@]5(C)CC=C(C6=CCC(COc7ccccn7)(C(=O)O)CC6)C(C)(C)[C@@H]5CC[C@]43C)[C@@H]12. The van der Waals surface area contributed by atoms with Crippen molar-refractivity contribution in [1.82, 2.24) is 10.3 Å². The van der Waals surface area contributed by atoms with Gasteiger partial charge in [0.25, 0.3) is 0 Å². The van der Waals surface area contributed by atoms with E-state index in [1.54, 1.807) is 12.3 Å². The van der Waals surface area contributed by atoms with Crippen molar-refractivity contribution in [1.29, 1.82) is 0 Å². The van der Waals surface area contributed by atoms with E-state index in [0.717, 1.165) is 19.4 Å². The highest BCUT2D eigenvalue weighted by Gasteiger charge is 2.70. The molecule has 8 nitrogen and oxygen atoms in total. The second-order valence-electron chi connectivity index (χ2n) is 22.8. The highest BCUT2D eigenvalue weighted by Crippen LogP contribution is 2.76. The average molecular weight is 845 g/mol. The molecule has 5 saturated carbocycles. The summed E-state index contributed by atoms with van der Waals surface area (Å²) >= 11 is 0. The minimum Gasteiger partial charge on any atom is -0.481 e. The lowest BCUT2D eigenvalue weighted by Gasteiger charge is -2.72. The van der Waals surface area contributed by atoms with Crippen LogP contribution in [-0.2, 0) is 14.6 Å². The summed E-state index contributed by atoms with van der Waals surface area (Å²) in [7, 11) is -3.07. The van der Waals surface area contributed by atoms with E-state index in [4.69, 9.17) is 4.74 Å². The Morgan fingerprint density at radius 1 is 0.900 bits per heavy atom. The Hall–Kier alpha value is -2.49. The summed E-state index contributed by atoms with van der Waals surface area (Å²) < 4.78 is 30.4. The molecule has 1 unspecified atom stereocenters. The van der Waals surface area contributed by atoms with Crippen molar-refractivity contribution >= 4 is 15.8 Å². The molecule has 8 rings (SSSR count). The topological polar surface area (TPSA) is 126 Å². The van der Waals surface area contributed by atoms with Crippen LogP contribution in [0.3, 0.4) is 0 Å². The first kappa shape index (κ1) is 44.1. The van der Waals surface area contributed by atoms with Crippen LogP contribution in [0.2, 0.25) is 0 Å². The van der Waals surface area contributed by atoms with E-state index < -0.39 is 26.8 Å². The average Bonchev–Trinajstić information content (AvgIpc) is 3.58. The summed E-state index contributed by atoms with van der Waals surface area (Å²) in [6.45, 7) is 20.8. The summed E-state index contributed by atoms with van der Waals surface area (Å²) in [5, 5.41) is 25.9. The Morgan fingerprint density at radius 2 is 1.65 bits per heavy atom. The number of aliphatic hydroxyl groups is 1. The fourth-order valence-electron chi connectivity index (χ4n) is 16.1. The molecule has 60 heavy (non-hydrogen) atoms. The van der Waals surface area contributed by atoms with Crippen LogP contribution in [0.4, 0.5) is 0 Å². The third-order valence-electron chi connectivity index (χ3n) is 19.7. The number of ether oxygens (including phenoxy) is 1. The number of carboxylic acid groups (broad SMARTS) is 1. The van der Waals surface area contributed by atoms with E-state index in [9.17, 15) is 23.4 Å². The first-order chi connectivity index (χ1) is 28.1. The molecule has 7 aliphatic rings. The van der Waals surface area contributed by atoms with Gasteiger partial charge in [0, 0.05) is 24.1 Å². The number of aliphatic carboxylic acids is 1. The number of allylic oxidation sites excluding steroid dienone is 5. The Labute approximate surface area is 361 Å². The summed E-state index contributed by atoms with van der Waals surface area (Å²) in [6.07, 6.45) is 23.4. The maximum atomic E-state index is 12.7. The van der Waals surface area contributed by atoms with Gasteiger partial charge in [0.1, 0.15) is 21.9 Å². The zero-order valence-corrected chi connectivity index (χ0v) is 38.8. The van der Waals surface area contributed by atoms with Crippen molar-refractivity contribution in [2.75, 3.05) is 19.4 Å². The molecule has 1 aromatic heterocycles. The number of sulfone groups is 1. The molecule has 10 atom stereocenters. The number of carbonyl (C=O) groups is 1. The van der Waals surface area contributed by atoms with Gasteiger partial charge in [0.15, 0.2) is 0 Å². The molecular weight excluding hydrogens is 769 g/mol. The Morgan fingerprint density at radius 3 is 2.28 bits per heavy atom. The van der Waals surface area contributed by atoms with Crippen LogP contribution >= 0.6 is 0 Å². The highest BCUT2D eigenvalue weighted by molar-refractivity contribution is 7.91. The molecule has 0 spiro atoms. The number of nitrogens with zero attached hydrogens (tertiary/aromatic N) is 1. The van der Waals surface area contributed by atoms with Crippen LogP contribution in [-0.4, -0.2) is 65.4 Å². The van der Waals surface area contributed by atoms with E-state index in [1.165, 1.54) is 74.3 Å². The number of hydrogen-bond acceptors (Lipinski definition) is 7. The smallest absolute Gasteiger partial charge is 0.313 e. The van der Waals surface area contributed by atoms with Crippen molar-refractivity contribution in [3.05, 3.63) is 59.8 Å². The van der Waals surface area contributed by atoms with Crippen LogP contribution in [0.5, 0.6) is 5.88 Å². The van der Waals surface area contributed by atoms with Crippen LogP contribution < -0.4 is 10.1 Å². The second-order valence-corrected chi connectivity index (χ2v) is 25.1. The van der Waals surface area contributed by atoms with Gasteiger partial charge in [0.2, 0.25) is 5.88 Å². The Kier molecular flexibility index (Phi) is 11.3. The predicted molar refractivity (Wildman–Crippen MR) is 239 cm³/mol. The first-order valence-electron chi connectivity index (χ1n) is 23.6. The molecule has 3 N–H and O–H groups in total. The summed E-state index contributed by atoms with van der Waals surface area (Å²) in [5.41, 5.74) is 3.07. The van der Waals surface area contributed by atoms with Crippen molar-refractivity contribution in [2.24, 2.45) is 56.7 Å². The van der Waals surface area contributed by atoms with Gasteiger partial charge in [-0.2, -0.15) is 0 Å². The number of carboxylic acids is 1. The normalized spacial score (nSPS) is 43.6. The minimum atomic E-state index is -3.07. The lowest BCUT2D eigenvalue weighted by molar-refractivity contribution is -0.221. The lowest BCUT2D eigenvalue weighted by Crippen LogP contribution is -2.68. The fourth-order valence-corrected chi connectivity index (χ4v) is 17.2. The van der Waals surface area contributed by atoms with Crippen molar-refractivity contribution < 1.29 is 28.2 Å². The summed E-state index contributed by atoms with van der Waals surface area (Å²) in [6, 6.07) is 5.48. The van der Waals surface area contributed by atoms with Gasteiger partial charge >= 0.3 is 5.97 Å². The minimum absolute atomic E-state index is 0.0121. The van der Waals surface area contributed by atoms with Gasteiger partial charge < -0.3 is 20.3 Å². The molecule has 0 radical (unpaired) electrons. The molecule has 7 aliphatic carbocycles. The highest BCUT2D eigenvalue weighted by atomic mass is 32.2. The molecule has 0 aliphatic heterocycles. The van der Waals surface area contributed by atoms with Gasteiger partial charge in [-0.15, -0.1) is 0 Å².